The third kappa shape index (κ3) is 2.53. The molecule has 1 heterocycles. The van der Waals surface area contributed by atoms with Crippen molar-refractivity contribution < 1.29 is 9.85 Å². The monoisotopic (exact) mass is 300 g/mol. The smallest absolute Gasteiger partial charge is 0.325 e. The molecule has 0 atom stereocenters. The molecule has 0 unspecified atom stereocenters. The van der Waals surface area contributed by atoms with E-state index in [0.29, 0.717) is 5.69 Å². The Labute approximate surface area is 122 Å². The minimum atomic E-state index is -0.881. The van der Waals surface area contributed by atoms with Gasteiger partial charge < -0.3 is 4.98 Å². The molecule has 110 valence electrons. The zero-order valence-corrected chi connectivity index (χ0v) is 11.2. The minimum Gasteiger partial charge on any atom is -0.325 e. The van der Waals surface area contributed by atoms with Gasteiger partial charge in [-0.15, -0.1) is 0 Å². The summed E-state index contributed by atoms with van der Waals surface area (Å²) in [5.41, 5.74) is -1.38. The van der Waals surface area contributed by atoms with Crippen LogP contribution in [0.25, 0.3) is 11.1 Å². The van der Waals surface area contributed by atoms with Gasteiger partial charge in [-0.2, -0.15) is 5.26 Å². The van der Waals surface area contributed by atoms with Gasteiger partial charge in [-0.25, -0.2) is 0 Å². The molecule has 9 nitrogen and oxygen atoms in total. The molecule has 0 saturated heterocycles. The van der Waals surface area contributed by atoms with E-state index in [2.05, 4.69) is 4.98 Å². The average Bonchev–Trinajstić information content (AvgIpc) is 2.45. The summed E-state index contributed by atoms with van der Waals surface area (Å²) in [5.74, 6) is 0. The molecular weight excluding hydrogens is 292 g/mol. The Balaban J connectivity index is 2.78. The number of aryl methyl sites for hydroxylation is 1. The number of hydrogen-bond acceptors (Lipinski definition) is 6. The van der Waals surface area contributed by atoms with E-state index in [9.17, 15) is 25.0 Å². The van der Waals surface area contributed by atoms with E-state index in [1.165, 1.54) is 12.1 Å². The van der Waals surface area contributed by atoms with Crippen molar-refractivity contribution in [2.24, 2.45) is 0 Å². The lowest BCUT2D eigenvalue weighted by molar-refractivity contribution is -0.422. The standard InChI is InChI=1S/C13H8N4O5/c1-7-4-9(10(6-14)13(18)15-7)8-2-3-11(16(19)20)12(5-8)17(21)22/h2-5H,1H3,(H,15,18). The van der Waals surface area contributed by atoms with Crippen LogP contribution in [0.3, 0.4) is 0 Å². The van der Waals surface area contributed by atoms with Gasteiger partial charge in [0.15, 0.2) is 0 Å². The van der Waals surface area contributed by atoms with Gasteiger partial charge in [0, 0.05) is 23.4 Å². The molecule has 2 aromatic rings. The molecule has 0 bridgehead atoms. The first-order valence-electron chi connectivity index (χ1n) is 5.92. The maximum Gasteiger partial charge on any atom is 0.346 e. The lowest BCUT2D eigenvalue weighted by atomic mass is 10.00. The van der Waals surface area contributed by atoms with Crippen molar-refractivity contribution >= 4 is 11.4 Å². The number of nitrogens with zero attached hydrogens (tertiary/aromatic N) is 3. The van der Waals surface area contributed by atoms with Gasteiger partial charge in [0.25, 0.3) is 5.56 Å². The van der Waals surface area contributed by atoms with Crippen LogP contribution >= 0.6 is 0 Å². The van der Waals surface area contributed by atoms with Crippen LogP contribution in [0.4, 0.5) is 11.4 Å². The second-order valence-corrected chi connectivity index (χ2v) is 4.40. The molecule has 0 radical (unpaired) electrons. The van der Waals surface area contributed by atoms with Crippen LogP contribution in [0.15, 0.2) is 29.1 Å². The van der Waals surface area contributed by atoms with Crippen molar-refractivity contribution in [3.05, 3.63) is 66.1 Å². The van der Waals surface area contributed by atoms with Crippen LogP contribution in [-0.4, -0.2) is 14.8 Å². The van der Waals surface area contributed by atoms with Crippen LogP contribution in [0.1, 0.15) is 11.3 Å². The molecule has 0 aliphatic carbocycles. The quantitative estimate of drug-likeness (QED) is 0.678. The molecule has 0 aliphatic heterocycles. The SMILES string of the molecule is Cc1cc(-c2ccc([N+](=O)[O-])c([N+](=O)[O-])c2)c(C#N)c(=O)[nH]1. The predicted octanol–water partition coefficient (Wildman–Crippen LogP) is 2.04. The van der Waals surface area contributed by atoms with Crippen LogP contribution < -0.4 is 5.56 Å². The van der Waals surface area contributed by atoms with E-state index in [1.54, 1.807) is 13.0 Å². The summed E-state index contributed by atoms with van der Waals surface area (Å²) in [7, 11) is 0. The van der Waals surface area contributed by atoms with Crippen molar-refractivity contribution in [3.8, 4) is 17.2 Å². The zero-order chi connectivity index (χ0) is 16.4. The summed E-state index contributed by atoms with van der Waals surface area (Å²) >= 11 is 0. The first kappa shape index (κ1) is 14.9. The first-order chi connectivity index (χ1) is 10.3. The molecule has 1 aromatic heterocycles. The molecule has 0 aliphatic rings. The second-order valence-electron chi connectivity index (χ2n) is 4.40. The number of nitro benzene ring substituents is 2. The predicted molar refractivity (Wildman–Crippen MR) is 75.3 cm³/mol. The molecule has 2 rings (SSSR count). The second kappa shape index (κ2) is 5.45. The Morgan fingerprint density at radius 2 is 1.77 bits per heavy atom. The summed E-state index contributed by atoms with van der Waals surface area (Å²) in [6.07, 6.45) is 0. The lowest BCUT2D eigenvalue weighted by Gasteiger charge is -2.05. The van der Waals surface area contributed by atoms with Gasteiger partial charge in [0.2, 0.25) is 0 Å². The molecule has 0 amide bonds. The third-order valence-corrected chi connectivity index (χ3v) is 2.96. The van der Waals surface area contributed by atoms with Gasteiger partial charge in [0.1, 0.15) is 11.6 Å². The van der Waals surface area contributed by atoms with Gasteiger partial charge >= 0.3 is 11.4 Å². The minimum absolute atomic E-state index is 0.182. The van der Waals surface area contributed by atoms with Crippen molar-refractivity contribution in [1.29, 1.82) is 5.26 Å². The average molecular weight is 300 g/mol. The first-order valence-corrected chi connectivity index (χ1v) is 5.92. The fourth-order valence-electron chi connectivity index (χ4n) is 2.02. The Bertz CT molecular complexity index is 894. The zero-order valence-electron chi connectivity index (χ0n) is 11.2. The molecule has 9 heteroatoms. The molecule has 22 heavy (non-hydrogen) atoms. The maximum absolute atomic E-state index is 11.7. The number of hydrogen-bond donors (Lipinski definition) is 1. The number of H-pyrrole nitrogens is 1. The summed E-state index contributed by atoms with van der Waals surface area (Å²) < 4.78 is 0. The van der Waals surface area contributed by atoms with Gasteiger partial charge in [-0.3, -0.25) is 25.0 Å². The topological polar surface area (TPSA) is 143 Å². The van der Waals surface area contributed by atoms with E-state index in [0.717, 1.165) is 12.1 Å². The summed E-state index contributed by atoms with van der Waals surface area (Å²) in [6.45, 7) is 1.59. The van der Waals surface area contributed by atoms with Crippen molar-refractivity contribution in [2.45, 2.75) is 6.92 Å². The van der Waals surface area contributed by atoms with Crippen molar-refractivity contribution in [1.82, 2.24) is 4.98 Å². The van der Waals surface area contributed by atoms with Gasteiger partial charge in [0.05, 0.1) is 9.85 Å². The number of nitriles is 1. The molecule has 0 saturated carbocycles. The highest BCUT2D eigenvalue weighted by Gasteiger charge is 2.25. The van der Waals surface area contributed by atoms with E-state index >= 15 is 0 Å². The fourth-order valence-corrected chi connectivity index (χ4v) is 2.02. The fraction of sp³-hybridized carbons (Fsp3) is 0.0769. The summed E-state index contributed by atoms with van der Waals surface area (Å²) in [4.78, 5) is 34.2. The number of nitro groups is 2. The van der Waals surface area contributed by atoms with E-state index in [4.69, 9.17) is 5.26 Å². The molecule has 0 fully saturated rings. The number of nitrogens with one attached hydrogen (secondary N) is 1. The largest absolute Gasteiger partial charge is 0.346 e. The Morgan fingerprint density at radius 3 is 2.32 bits per heavy atom. The van der Waals surface area contributed by atoms with Crippen LogP contribution in [-0.2, 0) is 0 Å². The van der Waals surface area contributed by atoms with Crippen molar-refractivity contribution in [2.75, 3.05) is 0 Å². The van der Waals surface area contributed by atoms with Gasteiger partial charge in [-0.05, 0) is 24.6 Å². The van der Waals surface area contributed by atoms with Crippen molar-refractivity contribution in [3.63, 3.8) is 0 Å². The highest BCUT2D eigenvalue weighted by atomic mass is 16.6. The Morgan fingerprint density at radius 1 is 1.14 bits per heavy atom. The van der Waals surface area contributed by atoms with E-state index in [-0.39, 0.29) is 16.7 Å². The van der Waals surface area contributed by atoms with E-state index in [1.807, 2.05) is 0 Å². The van der Waals surface area contributed by atoms with E-state index < -0.39 is 26.8 Å². The Kier molecular flexibility index (Phi) is 3.68. The van der Waals surface area contributed by atoms with Gasteiger partial charge in [-0.1, -0.05) is 0 Å². The summed E-state index contributed by atoms with van der Waals surface area (Å²) in [6, 6.07) is 6.43. The molecular formula is C13H8N4O5. The summed E-state index contributed by atoms with van der Waals surface area (Å²) in [5, 5.41) is 30.8. The van der Waals surface area contributed by atoms with Crippen LogP contribution in [0, 0.1) is 38.5 Å². The normalized spacial score (nSPS) is 10.0. The number of rotatable bonds is 3. The van der Waals surface area contributed by atoms with Crippen LogP contribution in [0.2, 0.25) is 0 Å². The molecule has 1 N–H and O–H groups in total. The molecule has 0 spiro atoms. The Hall–Kier alpha value is -3.54. The number of aromatic amines is 1. The maximum atomic E-state index is 11.7. The lowest BCUT2D eigenvalue weighted by Crippen LogP contribution is -2.12. The molecule has 1 aromatic carbocycles. The highest BCUT2D eigenvalue weighted by molar-refractivity contribution is 5.74. The van der Waals surface area contributed by atoms with Crippen LogP contribution in [0.5, 0.6) is 0 Å². The highest BCUT2D eigenvalue weighted by Crippen LogP contribution is 2.32. The number of aromatic nitrogens is 1. The third-order valence-electron chi connectivity index (χ3n) is 2.96. The number of benzene rings is 1. The number of pyridine rings is 1.